The summed E-state index contributed by atoms with van der Waals surface area (Å²) in [6.45, 7) is 2.00. The zero-order valence-corrected chi connectivity index (χ0v) is 16.9. The largest absolute Gasteiger partial charge is 0.437 e. The highest BCUT2D eigenvalue weighted by molar-refractivity contribution is 5.86. The molecule has 1 atom stereocenters. The molecule has 0 aliphatic carbocycles. The van der Waals surface area contributed by atoms with Crippen molar-refractivity contribution in [1.29, 1.82) is 5.26 Å². The van der Waals surface area contributed by atoms with Gasteiger partial charge in [0.1, 0.15) is 11.9 Å². The van der Waals surface area contributed by atoms with Crippen LogP contribution in [0.2, 0.25) is 0 Å². The molecule has 0 spiro atoms. The van der Waals surface area contributed by atoms with E-state index < -0.39 is 11.5 Å². The second-order valence-electron chi connectivity index (χ2n) is 7.67. The first kappa shape index (κ1) is 18.3. The van der Waals surface area contributed by atoms with Crippen LogP contribution in [0, 0.1) is 18.3 Å². The molecule has 0 amide bonds. The van der Waals surface area contributed by atoms with Gasteiger partial charge in [0.05, 0.1) is 34.9 Å². The highest BCUT2D eigenvalue weighted by Crippen LogP contribution is 2.48. The normalized spacial score (nSPS) is 14.6. The number of fused-ring (bicyclic) bond motifs is 6. The van der Waals surface area contributed by atoms with Crippen LogP contribution < -0.4 is 10.4 Å². The third-order valence-electron chi connectivity index (χ3n) is 5.65. The van der Waals surface area contributed by atoms with E-state index in [-0.39, 0.29) is 6.42 Å². The van der Waals surface area contributed by atoms with Crippen LogP contribution in [0.1, 0.15) is 34.0 Å². The van der Waals surface area contributed by atoms with E-state index in [1.807, 2.05) is 43.3 Å². The Balaban J connectivity index is 1.72. The van der Waals surface area contributed by atoms with Crippen LogP contribution in [-0.4, -0.2) is 19.6 Å². The number of rotatable bonds is 2. The van der Waals surface area contributed by atoms with Crippen LogP contribution in [0.4, 0.5) is 0 Å². The summed E-state index contributed by atoms with van der Waals surface area (Å²) in [4.78, 5) is 22.3. The zero-order chi connectivity index (χ0) is 21.8. The van der Waals surface area contributed by atoms with Gasteiger partial charge in [0.15, 0.2) is 17.2 Å². The Morgan fingerprint density at radius 1 is 1.12 bits per heavy atom. The molecule has 2 aromatic carbocycles. The molecule has 5 aromatic rings. The summed E-state index contributed by atoms with van der Waals surface area (Å²) in [6, 6.07) is 17.3. The van der Waals surface area contributed by atoms with Crippen molar-refractivity contribution in [2.75, 3.05) is 0 Å². The minimum absolute atomic E-state index is 0.0653. The van der Waals surface area contributed by atoms with Gasteiger partial charge in [-0.3, -0.25) is 0 Å². The zero-order valence-electron chi connectivity index (χ0n) is 16.9. The summed E-state index contributed by atoms with van der Waals surface area (Å²) in [5.41, 5.74) is 3.44. The number of aromatic nitrogens is 4. The van der Waals surface area contributed by atoms with Crippen LogP contribution in [0.5, 0.6) is 11.6 Å². The van der Waals surface area contributed by atoms with Crippen molar-refractivity contribution in [3.05, 3.63) is 93.4 Å². The van der Waals surface area contributed by atoms with Crippen molar-refractivity contribution >= 4 is 16.6 Å². The number of ether oxygens (including phenoxy) is 1. The Bertz CT molecular complexity index is 1630. The Labute approximate surface area is 181 Å². The van der Waals surface area contributed by atoms with E-state index in [2.05, 4.69) is 21.1 Å². The summed E-state index contributed by atoms with van der Waals surface area (Å²) < 4.78 is 13.4. The maximum atomic E-state index is 13.2. The van der Waals surface area contributed by atoms with E-state index in [1.54, 1.807) is 12.1 Å². The molecule has 4 heterocycles. The molecule has 1 unspecified atom stereocenters. The van der Waals surface area contributed by atoms with Gasteiger partial charge < -0.3 is 9.15 Å². The lowest BCUT2D eigenvalue weighted by atomic mass is 9.84. The van der Waals surface area contributed by atoms with E-state index in [1.165, 1.54) is 10.8 Å². The molecule has 0 radical (unpaired) electrons. The monoisotopic (exact) mass is 421 g/mol. The third-order valence-corrected chi connectivity index (χ3v) is 5.65. The summed E-state index contributed by atoms with van der Waals surface area (Å²) in [5.74, 6) is 0.637. The van der Waals surface area contributed by atoms with Gasteiger partial charge in [-0.1, -0.05) is 42.0 Å². The predicted octanol–water partition coefficient (Wildman–Crippen LogP) is 3.89. The van der Waals surface area contributed by atoms with Crippen LogP contribution in [0.15, 0.2) is 64.1 Å². The molecule has 1 aliphatic heterocycles. The number of hydrogen-bond acceptors (Lipinski definition) is 7. The molecule has 0 saturated heterocycles. The Kier molecular flexibility index (Phi) is 3.86. The average Bonchev–Trinajstić information content (AvgIpc) is 3.22. The molecule has 1 aliphatic rings. The maximum Gasteiger partial charge on any atom is 0.344 e. The van der Waals surface area contributed by atoms with Crippen LogP contribution in [0.25, 0.3) is 16.6 Å². The molecule has 154 valence electrons. The van der Waals surface area contributed by atoms with Crippen molar-refractivity contribution in [3.8, 4) is 17.7 Å². The van der Waals surface area contributed by atoms with Crippen molar-refractivity contribution in [2.24, 2.45) is 0 Å². The molecule has 0 saturated carbocycles. The van der Waals surface area contributed by atoms with E-state index in [0.29, 0.717) is 45.2 Å². The molecular formula is C24H15N5O3. The first-order valence-corrected chi connectivity index (χ1v) is 10.1. The molecule has 0 fully saturated rings. The van der Waals surface area contributed by atoms with Gasteiger partial charge in [-0.15, -0.1) is 5.10 Å². The molecule has 3 aromatic heterocycles. The second-order valence-corrected chi connectivity index (χ2v) is 7.67. The smallest absolute Gasteiger partial charge is 0.344 e. The summed E-state index contributed by atoms with van der Waals surface area (Å²) in [6.07, 6.45) is 1.57. The van der Waals surface area contributed by atoms with Gasteiger partial charge >= 0.3 is 5.63 Å². The van der Waals surface area contributed by atoms with Crippen molar-refractivity contribution in [1.82, 2.24) is 19.6 Å². The average molecular weight is 421 g/mol. The Hall–Kier alpha value is -4.51. The molecular weight excluding hydrogens is 406 g/mol. The van der Waals surface area contributed by atoms with Gasteiger partial charge in [-0.2, -0.15) is 5.26 Å². The maximum absolute atomic E-state index is 13.2. The molecule has 0 bridgehead atoms. The van der Waals surface area contributed by atoms with E-state index in [0.717, 1.165) is 11.1 Å². The number of benzene rings is 2. The number of aryl methyl sites for hydroxylation is 1. The summed E-state index contributed by atoms with van der Waals surface area (Å²) in [5, 5.41) is 14.1. The molecule has 32 heavy (non-hydrogen) atoms. The highest BCUT2D eigenvalue weighted by Gasteiger charge is 2.37. The lowest BCUT2D eigenvalue weighted by Crippen LogP contribution is -2.22. The van der Waals surface area contributed by atoms with Crippen molar-refractivity contribution in [2.45, 2.75) is 19.3 Å². The number of hydrogen-bond donors (Lipinski definition) is 0. The Morgan fingerprint density at radius 3 is 2.75 bits per heavy atom. The van der Waals surface area contributed by atoms with Crippen molar-refractivity contribution < 1.29 is 9.15 Å². The van der Waals surface area contributed by atoms with E-state index in [4.69, 9.17) is 14.4 Å². The fourth-order valence-electron chi connectivity index (χ4n) is 4.21. The molecule has 8 nitrogen and oxygen atoms in total. The van der Waals surface area contributed by atoms with Crippen molar-refractivity contribution in [3.63, 3.8) is 0 Å². The Morgan fingerprint density at radius 2 is 1.94 bits per heavy atom. The molecule has 0 N–H and O–H groups in total. The summed E-state index contributed by atoms with van der Waals surface area (Å²) in [7, 11) is 0. The van der Waals surface area contributed by atoms with E-state index in [9.17, 15) is 4.79 Å². The van der Waals surface area contributed by atoms with Gasteiger partial charge in [-0.25, -0.2) is 19.3 Å². The number of nitrogens with zero attached hydrogens (tertiary/aromatic N) is 5. The van der Waals surface area contributed by atoms with Crippen LogP contribution >= 0.6 is 0 Å². The SMILES string of the molecule is Cc1ccc(C2c3c(c4ccccc4oc3=O)Oc3ncn4nc(CC#N)nc4c32)cc1. The lowest BCUT2D eigenvalue weighted by molar-refractivity contribution is 0.422. The number of para-hydroxylation sites is 1. The minimum Gasteiger partial charge on any atom is -0.437 e. The van der Waals surface area contributed by atoms with Crippen LogP contribution in [0.3, 0.4) is 0 Å². The highest BCUT2D eigenvalue weighted by atomic mass is 16.5. The standard InChI is InChI=1S/C24H15N5O3/c1-13-6-8-14(9-7-13)18-19-21(15-4-2-3-5-16(15)31-24(19)30)32-23-20(18)22-27-17(10-11-25)28-29(22)12-26-23/h2-9,12,18H,10H2,1H3. The first-order valence-electron chi connectivity index (χ1n) is 10.1. The second kappa shape index (κ2) is 6.75. The molecule has 8 heteroatoms. The van der Waals surface area contributed by atoms with Crippen LogP contribution in [-0.2, 0) is 6.42 Å². The fourth-order valence-corrected chi connectivity index (χ4v) is 4.21. The first-order chi connectivity index (χ1) is 15.6. The summed E-state index contributed by atoms with van der Waals surface area (Å²) >= 11 is 0. The quantitative estimate of drug-likeness (QED) is 0.390. The van der Waals surface area contributed by atoms with E-state index >= 15 is 0 Å². The van der Waals surface area contributed by atoms with Gasteiger partial charge in [0, 0.05) is 0 Å². The lowest BCUT2D eigenvalue weighted by Gasteiger charge is -2.27. The fraction of sp³-hybridized carbons (Fsp3) is 0.125. The molecule has 6 rings (SSSR count). The van der Waals surface area contributed by atoms with Gasteiger partial charge in [-0.05, 0) is 24.6 Å². The minimum atomic E-state index is -0.523. The predicted molar refractivity (Wildman–Crippen MR) is 115 cm³/mol. The topological polar surface area (TPSA) is 106 Å². The third kappa shape index (κ3) is 2.61. The number of nitriles is 1. The van der Waals surface area contributed by atoms with Gasteiger partial charge in [0.2, 0.25) is 5.88 Å². The van der Waals surface area contributed by atoms with Gasteiger partial charge in [0.25, 0.3) is 0 Å².